The Balaban J connectivity index is 3.16. The first-order valence-electron chi connectivity index (χ1n) is 5.17. The van der Waals surface area contributed by atoms with Crippen molar-refractivity contribution >= 4 is 5.97 Å². The van der Waals surface area contributed by atoms with Gasteiger partial charge in [0.2, 0.25) is 0 Å². The molecule has 1 atom stereocenters. The topological polar surface area (TPSA) is 58.6 Å². The Kier molecular flexibility index (Phi) is 3.90. The van der Waals surface area contributed by atoms with Crippen LogP contribution in [0.4, 0.5) is 0 Å². The van der Waals surface area contributed by atoms with Gasteiger partial charge in [0.1, 0.15) is 11.3 Å². The summed E-state index contributed by atoms with van der Waals surface area (Å²) in [4.78, 5) is 11.3. The van der Waals surface area contributed by atoms with Crippen molar-refractivity contribution in [2.75, 3.05) is 14.2 Å². The second-order valence-electron chi connectivity index (χ2n) is 3.54. The largest absolute Gasteiger partial charge is 0.497 e. The van der Waals surface area contributed by atoms with Crippen molar-refractivity contribution < 1.29 is 14.6 Å². The lowest BCUT2D eigenvalue weighted by Gasteiger charge is -2.28. The molecule has 0 spiro atoms. The van der Waals surface area contributed by atoms with E-state index in [1.54, 1.807) is 38.4 Å². The van der Waals surface area contributed by atoms with E-state index >= 15 is 0 Å². The number of rotatable bonds is 5. The number of likely N-dealkylation sites (N-methyl/N-ethyl adjacent to an activating group) is 1. The summed E-state index contributed by atoms with van der Waals surface area (Å²) in [5.74, 6) is -0.155. The van der Waals surface area contributed by atoms with Gasteiger partial charge in [-0.3, -0.25) is 0 Å². The molecule has 0 aliphatic heterocycles. The molecule has 0 aliphatic carbocycles. The lowest BCUT2D eigenvalue weighted by molar-refractivity contribution is -0.145. The van der Waals surface area contributed by atoms with E-state index in [0.29, 0.717) is 6.42 Å². The fourth-order valence-corrected chi connectivity index (χ4v) is 1.78. The highest BCUT2D eigenvalue weighted by Gasteiger charge is 2.36. The normalized spacial score (nSPS) is 14.2. The van der Waals surface area contributed by atoms with Crippen LogP contribution in [-0.2, 0) is 10.3 Å². The molecule has 16 heavy (non-hydrogen) atoms. The van der Waals surface area contributed by atoms with Gasteiger partial charge in [-0.25, -0.2) is 4.79 Å². The predicted octanol–water partition coefficient (Wildman–Crippen LogP) is 1.60. The van der Waals surface area contributed by atoms with Gasteiger partial charge in [0.15, 0.2) is 0 Å². The van der Waals surface area contributed by atoms with Gasteiger partial charge < -0.3 is 15.2 Å². The van der Waals surface area contributed by atoms with Gasteiger partial charge in [0, 0.05) is 0 Å². The van der Waals surface area contributed by atoms with Crippen LogP contribution in [0.5, 0.6) is 5.75 Å². The van der Waals surface area contributed by atoms with Crippen LogP contribution in [0, 0.1) is 0 Å². The van der Waals surface area contributed by atoms with E-state index in [2.05, 4.69) is 5.32 Å². The van der Waals surface area contributed by atoms with Crippen molar-refractivity contribution in [1.82, 2.24) is 5.32 Å². The number of benzene rings is 1. The van der Waals surface area contributed by atoms with Gasteiger partial charge in [0.05, 0.1) is 7.11 Å². The molecule has 1 aromatic carbocycles. The van der Waals surface area contributed by atoms with Crippen LogP contribution in [0.3, 0.4) is 0 Å². The molecule has 88 valence electrons. The number of hydrogen-bond donors (Lipinski definition) is 2. The van der Waals surface area contributed by atoms with Crippen LogP contribution >= 0.6 is 0 Å². The molecular weight excluding hydrogens is 206 g/mol. The smallest absolute Gasteiger partial charge is 0.328 e. The lowest BCUT2D eigenvalue weighted by atomic mass is 9.87. The fraction of sp³-hybridized carbons (Fsp3) is 0.417. The number of carbonyl (C=O) groups is 1. The van der Waals surface area contributed by atoms with E-state index in [1.807, 2.05) is 6.92 Å². The number of methoxy groups -OCH3 is 1. The molecule has 0 amide bonds. The van der Waals surface area contributed by atoms with Gasteiger partial charge in [0.25, 0.3) is 0 Å². The Morgan fingerprint density at radius 1 is 1.44 bits per heavy atom. The van der Waals surface area contributed by atoms with Crippen LogP contribution in [0.15, 0.2) is 24.3 Å². The van der Waals surface area contributed by atoms with Crippen molar-refractivity contribution in [1.29, 1.82) is 0 Å². The molecule has 0 heterocycles. The minimum atomic E-state index is -1.02. The van der Waals surface area contributed by atoms with Crippen LogP contribution in [0.1, 0.15) is 18.9 Å². The summed E-state index contributed by atoms with van der Waals surface area (Å²) in [5.41, 5.74) is -0.294. The maximum Gasteiger partial charge on any atom is 0.328 e. The number of carboxylic acid groups (broad SMARTS) is 1. The first-order valence-corrected chi connectivity index (χ1v) is 5.17. The number of aliphatic carboxylic acids is 1. The third kappa shape index (κ3) is 2.02. The standard InChI is InChI=1S/C12H17NO3/c1-4-12(13-2,11(14)15)9-5-7-10(16-3)8-6-9/h5-8,13H,4H2,1-3H3,(H,14,15)/t12-/m1/s1. The van der Waals surface area contributed by atoms with Crippen molar-refractivity contribution in [3.63, 3.8) is 0 Å². The third-order valence-electron chi connectivity index (χ3n) is 2.91. The number of carboxylic acids is 1. The molecule has 4 heteroatoms. The maximum absolute atomic E-state index is 11.3. The van der Waals surface area contributed by atoms with Crippen molar-refractivity contribution in [3.05, 3.63) is 29.8 Å². The molecule has 4 nitrogen and oxygen atoms in total. The summed E-state index contributed by atoms with van der Waals surface area (Å²) in [7, 11) is 3.24. The van der Waals surface area contributed by atoms with Crippen LogP contribution < -0.4 is 10.1 Å². The van der Waals surface area contributed by atoms with E-state index in [9.17, 15) is 9.90 Å². The van der Waals surface area contributed by atoms with E-state index in [-0.39, 0.29) is 0 Å². The number of nitrogens with one attached hydrogen (secondary N) is 1. The molecule has 2 N–H and O–H groups in total. The van der Waals surface area contributed by atoms with Crippen LogP contribution in [0.2, 0.25) is 0 Å². The maximum atomic E-state index is 11.3. The van der Waals surface area contributed by atoms with Crippen molar-refractivity contribution in [2.45, 2.75) is 18.9 Å². The highest BCUT2D eigenvalue weighted by atomic mass is 16.5. The van der Waals surface area contributed by atoms with Gasteiger partial charge in [-0.1, -0.05) is 19.1 Å². The van der Waals surface area contributed by atoms with E-state index in [4.69, 9.17) is 4.74 Å². The summed E-state index contributed by atoms with van der Waals surface area (Å²) in [6, 6.07) is 7.07. The first-order chi connectivity index (χ1) is 7.60. The van der Waals surface area contributed by atoms with E-state index in [0.717, 1.165) is 11.3 Å². The molecule has 0 radical (unpaired) electrons. The zero-order chi connectivity index (χ0) is 12.2. The molecule has 0 bridgehead atoms. The molecular formula is C12H17NO3. The Hall–Kier alpha value is -1.55. The highest BCUT2D eigenvalue weighted by molar-refractivity contribution is 5.80. The highest BCUT2D eigenvalue weighted by Crippen LogP contribution is 2.26. The summed E-state index contributed by atoms with van der Waals surface area (Å²) in [6.07, 6.45) is 0.477. The summed E-state index contributed by atoms with van der Waals surface area (Å²) in [5, 5.41) is 12.2. The summed E-state index contributed by atoms with van der Waals surface area (Å²) >= 11 is 0. The average molecular weight is 223 g/mol. The molecule has 1 aromatic rings. The second kappa shape index (κ2) is 4.99. The fourth-order valence-electron chi connectivity index (χ4n) is 1.78. The zero-order valence-corrected chi connectivity index (χ0v) is 9.78. The Bertz CT molecular complexity index is 355. The summed E-state index contributed by atoms with van der Waals surface area (Å²) < 4.78 is 5.04. The number of hydrogen-bond acceptors (Lipinski definition) is 3. The van der Waals surface area contributed by atoms with Crippen LogP contribution in [-0.4, -0.2) is 25.2 Å². The van der Waals surface area contributed by atoms with Gasteiger partial charge >= 0.3 is 5.97 Å². The lowest BCUT2D eigenvalue weighted by Crippen LogP contribution is -2.46. The summed E-state index contributed by atoms with van der Waals surface area (Å²) in [6.45, 7) is 1.84. The average Bonchev–Trinajstić information content (AvgIpc) is 2.32. The molecule has 0 unspecified atom stereocenters. The predicted molar refractivity (Wildman–Crippen MR) is 61.7 cm³/mol. The molecule has 0 aromatic heterocycles. The molecule has 1 rings (SSSR count). The minimum absolute atomic E-state index is 0.477. The zero-order valence-electron chi connectivity index (χ0n) is 9.78. The first kappa shape index (κ1) is 12.5. The quantitative estimate of drug-likeness (QED) is 0.796. The van der Waals surface area contributed by atoms with Gasteiger partial charge in [-0.05, 0) is 31.2 Å². The van der Waals surface area contributed by atoms with E-state index < -0.39 is 11.5 Å². The van der Waals surface area contributed by atoms with Crippen LogP contribution in [0.25, 0.3) is 0 Å². The SMILES string of the molecule is CC[C@](NC)(C(=O)O)c1ccc(OC)cc1. The number of ether oxygens (including phenoxy) is 1. The Morgan fingerprint density at radius 3 is 2.31 bits per heavy atom. The third-order valence-corrected chi connectivity index (χ3v) is 2.91. The molecule has 0 saturated carbocycles. The molecule has 0 saturated heterocycles. The molecule has 0 aliphatic rings. The molecule has 0 fully saturated rings. The minimum Gasteiger partial charge on any atom is -0.497 e. The monoisotopic (exact) mass is 223 g/mol. The van der Waals surface area contributed by atoms with Crippen molar-refractivity contribution in [2.24, 2.45) is 0 Å². The Labute approximate surface area is 95.2 Å². The van der Waals surface area contributed by atoms with Gasteiger partial charge in [-0.2, -0.15) is 0 Å². The van der Waals surface area contributed by atoms with E-state index in [1.165, 1.54) is 0 Å². The Morgan fingerprint density at radius 2 is 2.00 bits per heavy atom. The second-order valence-corrected chi connectivity index (χ2v) is 3.54. The van der Waals surface area contributed by atoms with Crippen molar-refractivity contribution in [3.8, 4) is 5.75 Å². The van der Waals surface area contributed by atoms with Gasteiger partial charge in [-0.15, -0.1) is 0 Å².